The van der Waals surface area contributed by atoms with Crippen molar-refractivity contribution in [3.63, 3.8) is 0 Å². The number of benzene rings is 1. The first-order valence-corrected chi connectivity index (χ1v) is 7.37. The molecule has 1 amide bonds. The van der Waals surface area contributed by atoms with Gasteiger partial charge in [0.05, 0.1) is 18.8 Å². The zero-order valence-electron chi connectivity index (χ0n) is 11.7. The minimum atomic E-state index is -0.332. The maximum absolute atomic E-state index is 13.6. The highest BCUT2D eigenvalue weighted by Gasteiger charge is 2.09. The molecule has 0 saturated carbocycles. The maximum atomic E-state index is 13.6. The highest BCUT2D eigenvalue weighted by atomic mass is 79.9. The number of hydrogen-bond acceptors (Lipinski definition) is 4. The first-order chi connectivity index (χ1) is 10.6. The van der Waals surface area contributed by atoms with E-state index in [0.717, 1.165) is 0 Å². The molecule has 1 aromatic carbocycles. The number of halogens is 2. The normalized spacial score (nSPS) is 10.5. The number of carbonyl (C=O) groups is 1. The number of nitrogens with two attached hydrogens (primary N) is 1. The minimum absolute atomic E-state index is 0.143. The molecule has 0 saturated heterocycles. The van der Waals surface area contributed by atoms with Crippen LogP contribution in [-0.4, -0.2) is 24.0 Å². The van der Waals surface area contributed by atoms with Crippen LogP contribution in [0.1, 0.15) is 15.9 Å². The van der Waals surface area contributed by atoms with Gasteiger partial charge in [0.2, 0.25) is 0 Å². The molecule has 5 nitrogen and oxygen atoms in total. The number of nitrogen functional groups attached to an aromatic ring is 1. The number of amides is 1. The van der Waals surface area contributed by atoms with Gasteiger partial charge in [-0.2, -0.15) is 0 Å². The molecular formula is C15H15BrFN3O2. The van der Waals surface area contributed by atoms with Gasteiger partial charge in [-0.15, -0.1) is 0 Å². The molecule has 2 rings (SSSR count). The van der Waals surface area contributed by atoms with Gasteiger partial charge in [-0.3, -0.25) is 4.79 Å². The Bertz CT molecular complexity index is 667. The molecule has 116 valence electrons. The molecule has 0 aliphatic heterocycles. The Labute approximate surface area is 135 Å². The van der Waals surface area contributed by atoms with Gasteiger partial charge in [0.25, 0.3) is 5.91 Å². The lowest BCUT2D eigenvalue weighted by Gasteiger charge is -2.08. The van der Waals surface area contributed by atoms with Crippen LogP contribution in [0.15, 0.2) is 41.0 Å². The molecule has 2 aromatic rings. The van der Waals surface area contributed by atoms with Crippen LogP contribution >= 0.6 is 15.9 Å². The molecule has 0 aliphatic carbocycles. The van der Waals surface area contributed by atoms with E-state index < -0.39 is 0 Å². The molecule has 0 atom stereocenters. The second kappa shape index (κ2) is 7.86. The second-order valence-corrected chi connectivity index (χ2v) is 5.40. The third kappa shape index (κ3) is 4.51. The van der Waals surface area contributed by atoms with Crippen molar-refractivity contribution in [1.29, 1.82) is 0 Å². The van der Waals surface area contributed by atoms with E-state index in [1.807, 2.05) is 0 Å². The lowest BCUT2D eigenvalue weighted by Crippen LogP contribution is -2.28. The summed E-state index contributed by atoms with van der Waals surface area (Å²) in [6.45, 7) is 0.705. The Kier molecular flexibility index (Phi) is 5.85. The third-order valence-corrected chi connectivity index (χ3v) is 3.38. The van der Waals surface area contributed by atoms with Gasteiger partial charge < -0.3 is 15.8 Å². The zero-order chi connectivity index (χ0) is 15.9. The van der Waals surface area contributed by atoms with E-state index in [0.29, 0.717) is 22.1 Å². The summed E-state index contributed by atoms with van der Waals surface area (Å²) in [5.41, 5.74) is 6.39. The summed E-state index contributed by atoms with van der Waals surface area (Å²) in [5.74, 6) is -0.469. The quantitative estimate of drug-likeness (QED) is 0.769. The van der Waals surface area contributed by atoms with Crippen molar-refractivity contribution in [3.05, 3.63) is 57.9 Å². The standard InChI is InChI=1S/C15H15BrFN3O2/c16-11-4-3-10(13(17)8-11)9-22-7-6-20-15(21)12-2-1-5-19-14(12)18/h1-5,8H,6-7,9H2,(H2,18,19)(H,20,21). The van der Waals surface area contributed by atoms with Crippen LogP contribution in [0.25, 0.3) is 0 Å². The van der Waals surface area contributed by atoms with Crippen molar-refractivity contribution in [3.8, 4) is 0 Å². The molecule has 1 heterocycles. The van der Waals surface area contributed by atoms with E-state index in [9.17, 15) is 9.18 Å². The number of nitrogens with one attached hydrogen (secondary N) is 1. The summed E-state index contributed by atoms with van der Waals surface area (Å²) in [4.78, 5) is 15.7. The van der Waals surface area contributed by atoms with Crippen LogP contribution in [0.5, 0.6) is 0 Å². The fourth-order valence-corrected chi connectivity index (χ4v) is 2.10. The van der Waals surface area contributed by atoms with Crippen molar-refractivity contribution in [1.82, 2.24) is 10.3 Å². The number of rotatable bonds is 6. The molecule has 1 aromatic heterocycles. The van der Waals surface area contributed by atoms with Crippen molar-refractivity contribution in [2.45, 2.75) is 6.61 Å². The van der Waals surface area contributed by atoms with Gasteiger partial charge in [-0.25, -0.2) is 9.37 Å². The van der Waals surface area contributed by atoms with E-state index in [4.69, 9.17) is 10.5 Å². The van der Waals surface area contributed by atoms with Crippen LogP contribution < -0.4 is 11.1 Å². The van der Waals surface area contributed by atoms with Crippen LogP contribution in [0.2, 0.25) is 0 Å². The van der Waals surface area contributed by atoms with Crippen LogP contribution in [0.3, 0.4) is 0 Å². The SMILES string of the molecule is Nc1ncccc1C(=O)NCCOCc1ccc(Br)cc1F. The summed E-state index contributed by atoms with van der Waals surface area (Å²) in [6, 6.07) is 8.00. The fraction of sp³-hybridized carbons (Fsp3) is 0.200. The molecule has 0 radical (unpaired) electrons. The number of nitrogens with zero attached hydrogens (tertiary/aromatic N) is 1. The predicted molar refractivity (Wildman–Crippen MR) is 84.7 cm³/mol. The maximum Gasteiger partial charge on any atom is 0.255 e. The summed E-state index contributed by atoms with van der Waals surface area (Å²) >= 11 is 3.19. The average molecular weight is 368 g/mol. The molecule has 0 unspecified atom stereocenters. The van der Waals surface area contributed by atoms with Crippen molar-refractivity contribution >= 4 is 27.7 Å². The summed E-state index contributed by atoms with van der Waals surface area (Å²) < 4.78 is 19.6. The number of hydrogen-bond donors (Lipinski definition) is 2. The highest BCUT2D eigenvalue weighted by molar-refractivity contribution is 9.10. The van der Waals surface area contributed by atoms with Crippen molar-refractivity contribution in [2.24, 2.45) is 0 Å². The summed E-state index contributed by atoms with van der Waals surface area (Å²) in [7, 11) is 0. The third-order valence-electron chi connectivity index (χ3n) is 2.89. The lowest BCUT2D eigenvalue weighted by atomic mass is 10.2. The molecular weight excluding hydrogens is 353 g/mol. The fourth-order valence-electron chi connectivity index (χ4n) is 1.76. The number of carbonyl (C=O) groups excluding carboxylic acids is 1. The molecule has 3 N–H and O–H groups in total. The van der Waals surface area contributed by atoms with Gasteiger partial charge in [0.1, 0.15) is 11.6 Å². The molecule has 0 bridgehead atoms. The Morgan fingerprint density at radius 3 is 2.95 bits per heavy atom. The number of anilines is 1. The average Bonchev–Trinajstić information content (AvgIpc) is 2.49. The first kappa shape index (κ1) is 16.4. The number of pyridine rings is 1. The smallest absolute Gasteiger partial charge is 0.255 e. The molecule has 0 spiro atoms. The van der Waals surface area contributed by atoms with E-state index >= 15 is 0 Å². The number of aromatic nitrogens is 1. The zero-order valence-corrected chi connectivity index (χ0v) is 13.3. The minimum Gasteiger partial charge on any atom is -0.383 e. The van der Waals surface area contributed by atoms with Crippen molar-refractivity contribution < 1.29 is 13.9 Å². The van der Waals surface area contributed by atoms with E-state index in [1.54, 1.807) is 24.3 Å². The molecule has 0 fully saturated rings. The van der Waals surface area contributed by atoms with E-state index in [1.165, 1.54) is 12.3 Å². The highest BCUT2D eigenvalue weighted by Crippen LogP contribution is 2.15. The Balaban J connectivity index is 1.73. The second-order valence-electron chi connectivity index (χ2n) is 4.48. The van der Waals surface area contributed by atoms with Gasteiger partial charge in [0.15, 0.2) is 0 Å². The first-order valence-electron chi connectivity index (χ1n) is 6.58. The molecule has 7 heteroatoms. The van der Waals surface area contributed by atoms with Gasteiger partial charge in [-0.1, -0.05) is 22.0 Å². The summed E-state index contributed by atoms with van der Waals surface area (Å²) in [5, 5.41) is 2.66. The van der Waals surface area contributed by atoms with E-state index in [2.05, 4.69) is 26.2 Å². The number of ether oxygens (including phenoxy) is 1. The predicted octanol–water partition coefficient (Wildman–Crippen LogP) is 2.51. The van der Waals surface area contributed by atoms with Crippen LogP contribution in [0, 0.1) is 5.82 Å². The van der Waals surface area contributed by atoms with Gasteiger partial charge >= 0.3 is 0 Å². The van der Waals surface area contributed by atoms with Gasteiger partial charge in [0, 0.05) is 22.8 Å². The summed E-state index contributed by atoms with van der Waals surface area (Å²) in [6.07, 6.45) is 1.52. The van der Waals surface area contributed by atoms with E-state index in [-0.39, 0.29) is 30.8 Å². The Hall–Kier alpha value is -1.99. The van der Waals surface area contributed by atoms with Crippen LogP contribution in [-0.2, 0) is 11.3 Å². The molecule has 0 aliphatic rings. The Morgan fingerprint density at radius 2 is 2.23 bits per heavy atom. The molecule has 22 heavy (non-hydrogen) atoms. The topological polar surface area (TPSA) is 77.2 Å². The largest absolute Gasteiger partial charge is 0.383 e. The Morgan fingerprint density at radius 1 is 1.41 bits per heavy atom. The van der Waals surface area contributed by atoms with Crippen LogP contribution in [0.4, 0.5) is 10.2 Å². The van der Waals surface area contributed by atoms with Gasteiger partial charge in [-0.05, 0) is 24.3 Å². The monoisotopic (exact) mass is 367 g/mol. The van der Waals surface area contributed by atoms with Crippen molar-refractivity contribution in [2.75, 3.05) is 18.9 Å². The lowest BCUT2D eigenvalue weighted by molar-refractivity contribution is 0.0898.